The summed E-state index contributed by atoms with van der Waals surface area (Å²) in [5.74, 6) is 0.348. The first-order chi connectivity index (χ1) is 7.87. The van der Waals surface area contributed by atoms with Crippen LogP contribution in [-0.2, 0) is 10.3 Å². The van der Waals surface area contributed by atoms with Crippen molar-refractivity contribution in [1.29, 1.82) is 0 Å². The molecule has 0 amide bonds. The van der Waals surface area contributed by atoms with Crippen molar-refractivity contribution in [2.45, 2.75) is 6.92 Å². The molecule has 1 rings (SSSR count). The molecule has 0 bridgehead atoms. The van der Waals surface area contributed by atoms with Crippen molar-refractivity contribution in [1.82, 2.24) is 0 Å². The van der Waals surface area contributed by atoms with E-state index in [1.165, 1.54) is 13.2 Å². The fourth-order valence-corrected chi connectivity index (χ4v) is 1.77. The molecule has 0 radical (unpaired) electrons. The number of benzene rings is 1. The van der Waals surface area contributed by atoms with E-state index in [0.29, 0.717) is 5.75 Å². The van der Waals surface area contributed by atoms with Crippen LogP contribution in [-0.4, -0.2) is 33.7 Å². The molecular weight excluding hydrogens is 244 g/mol. The first kappa shape index (κ1) is 13.6. The first-order valence-corrected chi connectivity index (χ1v) is 6.45. The van der Waals surface area contributed by atoms with Gasteiger partial charge in [-0.2, -0.15) is 8.42 Å². The zero-order valence-corrected chi connectivity index (χ0v) is 10.8. The number of rotatable bonds is 5. The second kappa shape index (κ2) is 5.24. The highest BCUT2D eigenvalue weighted by Gasteiger charge is 2.11. The van der Waals surface area contributed by atoms with E-state index in [1.54, 1.807) is 12.1 Å². The first-order valence-electron chi connectivity index (χ1n) is 5.01. The minimum Gasteiger partial charge on any atom is -0.494 e. The van der Waals surface area contributed by atoms with Crippen molar-refractivity contribution < 1.29 is 17.7 Å². The molecule has 0 heterocycles. The molecule has 0 atom stereocenters. The summed E-state index contributed by atoms with van der Waals surface area (Å²) in [4.78, 5) is 1.97. The van der Waals surface area contributed by atoms with Gasteiger partial charge in [-0.05, 0) is 19.1 Å². The van der Waals surface area contributed by atoms with E-state index in [1.807, 2.05) is 23.6 Å². The van der Waals surface area contributed by atoms with Gasteiger partial charge in [-0.3, -0.25) is 9.27 Å². The lowest BCUT2D eigenvalue weighted by Gasteiger charge is -2.18. The molecule has 0 saturated carbocycles. The lowest BCUT2D eigenvalue weighted by atomic mass is 10.2. The Kier molecular flexibility index (Phi) is 4.19. The average Bonchev–Trinajstić information content (AvgIpc) is 2.26. The summed E-state index contributed by atoms with van der Waals surface area (Å²) in [7, 11) is -0.954. The van der Waals surface area contributed by atoms with Gasteiger partial charge >= 0.3 is 10.3 Å². The molecule has 1 aromatic carbocycles. The minimum atomic E-state index is -4.29. The number of ether oxygens (including phenoxy) is 1. The van der Waals surface area contributed by atoms with Crippen LogP contribution in [0.15, 0.2) is 18.2 Å². The average molecular weight is 260 g/mol. The monoisotopic (exact) mass is 260 g/mol. The van der Waals surface area contributed by atoms with E-state index >= 15 is 0 Å². The van der Waals surface area contributed by atoms with Crippen molar-refractivity contribution in [3.8, 4) is 5.75 Å². The van der Waals surface area contributed by atoms with Gasteiger partial charge in [0, 0.05) is 25.3 Å². The molecule has 0 spiro atoms. The van der Waals surface area contributed by atoms with Crippen LogP contribution < -0.4 is 14.4 Å². The highest BCUT2D eigenvalue weighted by molar-refractivity contribution is 7.87. The van der Waals surface area contributed by atoms with Gasteiger partial charge in [0.25, 0.3) is 0 Å². The fourth-order valence-electron chi connectivity index (χ4n) is 1.32. The van der Waals surface area contributed by atoms with E-state index in [-0.39, 0.29) is 5.69 Å². The van der Waals surface area contributed by atoms with Crippen LogP contribution in [0.3, 0.4) is 0 Å². The molecular formula is C10H16N2O4S. The highest BCUT2D eigenvalue weighted by atomic mass is 32.2. The zero-order valence-electron chi connectivity index (χ0n) is 9.97. The normalized spacial score (nSPS) is 11.1. The SMILES string of the molecule is CCN(C)c1ccc(NS(=O)(=O)O)c(OC)c1. The van der Waals surface area contributed by atoms with Crippen LogP contribution in [0.4, 0.5) is 11.4 Å². The number of methoxy groups -OCH3 is 1. The van der Waals surface area contributed by atoms with Gasteiger partial charge < -0.3 is 9.64 Å². The lowest BCUT2D eigenvalue weighted by Crippen LogP contribution is -2.16. The number of hydrogen-bond donors (Lipinski definition) is 2. The van der Waals surface area contributed by atoms with Gasteiger partial charge in [0.05, 0.1) is 12.8 Å². The topological polar surface area (TPSA) is 78.9 Å². The Balaban J connectivity index is 3.10. The molecule has 2 N–H and O–H groups in total. The summed E-state index contributed by atoms with van der Waals surface area (Å²) in [6.07, 6.45) is 0. The third kappa shape index (κ3) is 3.79. The van der Waals surface area contributed by atoms with Gasteiger partial charge in [0.15, 0.2) is 0 Å². The Morgan fingerprint density at radius 3 is 2.59 bits per heavy atom. The quantitative estimate of drug-likeness (QED) is 0.782. The van der Waals surface area contributed by atoms with Gasteiger partial charge in [0.2, 0.25) is 0 Å². The van der Waals surface area contributed by atoms with Crippen molar-refractivity contribution in [2.24, 2.45) is 0 Å². The zero-order chi connectivity index (χ0) is 13.1. The van der Waals surface area contributed by atoms with Crippen LogP contribution in [0, 0.1) is 0 Å². The molecule has 0 saturated heterocycles. The Hall–Kier alpha value is -1.47. The summed E-state index contributed by atoms with van der Waals surface area (Å²) in [6, 6.07) is 4.96. The van der Waals surface area contributed by atoms with E-state index in [2.05, 4.69) is 0 Å². The van der Waals surface area contributed by atoms with E-state index in [0.717, 1.165) is 12.2 Å². The standard InChI is InChI=1S/C10H16N2O4S/c1-4-12(2)8-5-6-9(10(7-8)16-3)11-17(13,14)15/h5-7,11H,4H2,1-3H3,(H,13,14,15). The van der Waals surface area contributed by atoms with Crippen molar-refractivity contribution in [3.63, 3.8) is 0 Å². The van der Waals surface area contributed by atoms with E-state index < -0.39 is 10.3 Å². The largest absolute Gasteiger partial charge is 0.494 e. The van der Waals surface area contributed by atoms with Crippen molar-refractivity contribution in [2.75, 3.05) is 30.3 Å². The van der Waals surface area contributed by atoms with Crippen LogP contribution in [0.25, 0.3) is 0 Å². The fraction of sp³-hybridized carbons (Fsp3) is 0.400. The third-order valence-corrected chi connectivity index (χ3v) is 2.82. The molecule has 0 aromatic heterocycles. The van der Waals surface area contributed by atoms with Crippen molar-refractivity contribution in [3.05, 3.63) is 18.2 Å². The molecule has 96 valence electrons. The maximum Gasteiger partial charge on any atom is 0.357 e. The van der Waals surface area contributed by atoms with Gasteiger partial charge in [-0.1, -0.05) is 0 Å². The highest BCUT2D eigenvalue weighted by Crippen LogP contribution is 2.29. The molecule has 7 heteroatoms. The molecule has 17 heavy (non-hydrogen) atoms. The maximum atomic E-state index is 10.7. The smallest absolute Gasteiger partial charge is 0.357 e. The molecule has 1 aromatic rings. The Bertz CT molecular complexity index is 487. The van der Waals surface area contributed by atoms with Gasteiger partial charge in [-0.15, -0.1) is 0 Å². The predicted octanol–water partition coefficient (Wildman–Crippen LogP) is 1.37. The molecule has 0 aliphatic rings. The number of nitrogens with zero attached hydrogens (tertiary/aromatic N) is 1. The Morgan fingerprint density at radius 1 is 1.47 bits per heavy atom. The number of hydrogen-bond acceptors (Lipinski definition) is 4. The summed E-state index contributed by atoms with van der Waals surface area (Å²) >= 11 is 0. The van der Waals surface area contributed by atoms with Gasteiger partial charge in [-0.25, -0.2) is 0 Å². The Morgan fingerprint density at radius 2 is 2.12 bits per heavy atom. The van der Waals surface area contributed by atoms with Crippen molar-refractivity contribution >= 4 is 21.7 Å². The molecule has 0 aliphatic carbocycles. The molecule has 0 fully saturated rings. The van der Waals surface area contributed by atoms with Crippen LogP contribution >= 0.6 is 0 Å². The summed E-state index contributed by atoms with van der Waals surface area (Å²) in [5.41, 5.74) is 1.09. The second-order valence-electron chi connectivity index (χ2n) is 3.48. The lowest BCUT2D eigenvalue weighted by molar-refractivity contribution is 0.416. The molecule has 6 nitrogen and oxygen atoms in total. The van der Waals surface area contributed by atoms with Crippen LogP contribution in [0.1, 0.15) is 6.92 Å². The van der Waals surface area contributed by atoms with Crippen LogP contribution in [0.2, 0.25) is 0 Å². The number of anilines is 2. The molecule has 0 unspecified atom stereocenters. The number of nitrogens with one attached hydrogen (secondary N) is 1. The molecule has 0 aliphatic heterocycles. The van der Waals surface area contributed by atoms with E-state index in [4.69, 9.17) is 9.29 Å². The maximum absolute atomic E-state index is 10.7. The minimum absolute atomic E-state index is 0.197. The second-order valence-corrected chi connectivity index (χ2v) is 4.63. The van der Waals surface area contributed by atoms with E-state index in [9.17, 15) is 8.42 Å². The van der Waals surface area contributed by atoms with Gasteiger partial charge in [0.1, 0.15) is 5.75 Å². The van der Waals surface area contributed by atoms with Crippen LogP contribution in [0.5, 0.6) is 5.75 Å². The summed E-state index contributed by atoms with van der Waals surface area (Å²) in [5, 5.41) is 0. The third-order valence-electron chi connectivity index (χ3n) is 2.34. The summed E-state index contributed by atoms with van der Waals surface area (Å²) < 4.78 is 37.2. The predicted molar refractivity (Wildman–Crippen MR) is 67.1 cm³/mol. The summed E-state index contributed by atoms with van der Waals surface area (Å²) in [6.45, 7) is 2.81. The Labute approximate surface area is 101 Å².